The van der Waals surface area contributed by atoms with Gasteiger partial charge in [-0.25, -0.2) is 0 Å². The number of hydrogen-bond donors (Lipinski definition) is 0. The van der Waals surface area contributed by atoms with Crippen LogP contribution in [0.3, 0.4) is 0 Å². The fourth-order valence-corrected chi connectivity index (χ4v) is 1.83. The van der Waals surface area contributed by atoms with Crippen LogP contribution in [0.5, 0.6) is 17.2 Å². The molecule has 0 N–H and O–H groups in total. The smallest absolute Gasteiger partial charge is 0.231 e. The molecular weight excluding hydrogens is 234 g/mol. The summed E-state index contributed by atoms with van der Waals surface area (Å²) in [6.07, 6.45) is 0. The molecule has 5 heteroatoms. The molecule has 0 fully saturated rings. The number of benzene rings is 1. The first-order chi connectivity index (χ1) is 8.74. The lowest BCUT2D eigenvalue weighted by Gasteiger charge is -2.06. The molecule has 5 nitrogen and oxygen atoms in total. The lowest BCUT2D eigenvalue weighted by molar-refractivity contribution is 0.173. The van der Waals surface area contributed by atoms with Crippen LogP contribution in [0.1, 0.15) is 17.0 Å². The first-order valence-electron chi connectivity index (χ1n) is 5.68. The maximum Gasteiger partial charge on any atom is 0.231 e. The zero-order valence-electron chi connectivity index (χ0n) is 10.2. The van der Waals surface area contributed by atoms with E-state index >= 15 is 0 Å². The van der Waals surface area contributed by atoms with Gasteiger partial charge in [0.25, 0.3) is 0 Å². The van der Waals surface area contributed by atoms with Crippen LogP contribution in [-0.4, -0.2) is 11.9 Å². The molecule has 0 bridgehead atoms. The highest BCUT2D eigenvalue weighted by Crippen LogP contribution is 2.35. The Kier molecular flexibility index (Phi) is 2.59. The van der Waals surface area contributed by atoms with Crippen molar-refractivity contribution in [1.29, 1.82) is 0 Å². The predicted octanol–water partition coefficient (Wildman–Crippen LogP) is 2.60. The molecule has 1 aliphatic rings. The summed E-state index contributed by atoms with van der Waals surface area (Å²) in [5.41, 5.74) is 1.83. The molecule has 1 aromatic heterocycles. The molecule has 0 saturated carbocycles. The third-order valence-electron chi connectivity index (χ3n) is 2.91. The van der Waals surface area contributed by atoms with Crippen molar-refractivity contribution in [2.75, 3.05) is 6.79 Å². The zero-order valence-corrected chi connectivity index (χ0v) is 10.2. The van der Waals surface area contributed by atoms with Gasteiger partial charge in [0.05, 0.1) is 11.3 Å². The van der Waals surface area contributed by atoms with Gasteiger partial charge in [0.2, 0.25) is 6.79 Å². The van der Waals surface area contributed by atoms with Gasteiger partial charge in [-0.2, -0.15) is 0 Å². The summed E-state index contributed by atoms with van der Waals surface area (Å²) in [5.74, 6) is 2.98. The molecule has 0 atom stereocenters. The Morgan fingerprint density at radius 3 is 2.83 bits per heavy atom. The van der Waals surface area contributed by atoms with Crippen molar-refractivity contribution in [3.8, 4) is 17.2 Å². The van der Waals surface area contributed by atoms with Crippen molar-refractivity contribution in [3.05, 3.63) is 35.2 Å². The molecule has 0 radical (unpaired) electrons. The predicted molar refractivity (Wildman–Crippen MR) is 62.9 cm³/mol. The van der Waals surface area contributed by atoms with Crippen molar-refractivity contribution in [1.82, 2.24) is 5.16 Å². The Morgan fingerprint density at radius 2 is 2.06 bits per heavy atom. The van der Waals surface area contributed by atoms with Crippen molar-refractivity contribution < 1.29 is 18.7 Å². The fraction of sp³-hybridized carbons (Fsp3) is 0.308. The molecule has 3 rings (SSSR count). The molecule has 0 spiro atoms. The average Bonchev–Trinajstić information content (AvgIpc) is 2.94. The SMILES string of the molecule is Cc1noc(C)c1COc1ccc2c(c1)OCO2. The molecule has 0 unspecified atom stereocenters. The van der Waals surface area contributed by atoms with Crippen LogP contribution in [0.15, 0.2) is 22.7 Å². The van der Waals surface area contributed by atoms with Crippen LogP contribution in [-0.2, 0) is 6.61 Å². The maximum atomic E-state index is 5.70. The van der Waals surface area contributed by atoms with Gasteiger partial charge in [-0.15, -0.1) is 0 Å². The Bertz CT molecular complexity index is 557. The number of hydrogen-bond acceptors (Lipinski definition) is 5. The lowest BCUT2D eigenvalue weighted by atomic mass is 10.2. The summed E-state index contributed by atoms with van der Waals surface area (Å²) >= 11 is 0. The summed E-state index contributed by atoms with van der Waals surface area (Å²) in [6.45, 7) is 4.47. The van der Waals surface area contributed by atoms with Crippen LogP contribution in [0.4, 0.5) is 0 Å². The Labute approximate surface area is 104 Å². The minimum atomic E-state index is 0.267. The molecule has 0 aliphatic carbocycles. The van der Waals surface area contributed by atoms with Gasteiger partial charge in [-0.1, -0.05) is 5.16 Å². The molecule has 0 saturated heterocycles. The molecule has 0 amide bonds. The second-order valence-electron chi connectivity index (χ2n) is 4.11. The molecule has 2 aromatic rings. The maximum absolute atomic E-state index is 5.70. The number of ether oxygens (including phenoxy) is 3. The van der Waals surface area contributed by atoms with Crippen LogP contribution in [0.25, 0.3) is 0 Å². The van der Waals surface area contributed by atoms with E-state index < -0.39 is 0 Å². The lowest BCUT2D eigenvalue weighted by Crippen LogP contribution is -1.97. The number of rotatable bonds is 3. The summed E-state index contributed by atoms with van der Waals surface area (Å²) in [4.78, 5) is 0. The quantitative estimate of drug-likeness (QED) is 0.834. The molecular formula is C13H13NO4. The molecule has 1 aromatic carbocycles. The minimum Gasteiger partial charge on any atom is -0.489 e. The second-order valence-corrected chi connectivity index (χ2v) is 4.11. The normalized spacial score (nSPS) is 12.8. The van der Waals surface area contributed by atoms with E-state index in [2.05, 4.69) is 5.16 Å². The van der Waals surface area contributed by atoms with Gasteiger partial charge in [0.1, 0.15) is 18.1 Å². The number of fused-ring (bicyclic) bond motifs is 1. The van der Waals surface area contributed by atoms with Crippen molar-refractivity contribution in [3.63, 3.8) is 0 Å². The fourth-order valence-electron chi connectivity index (χ4n) is 1.83. The van der Waals surface area contributed by atoms with E-state index in [1.165, 1.54) is 0 Å². The number of aryl methyl sites for hydroxylation is 2. The van der Waals surface area contributed by atoms with Gasteiger partial charge < -0.3 is 18.7 Å². The van der Waals surface area contributed by atoms with Crippen LogP contribution in [0, 0.1) is 13.8 Å². The van der Waals surface area contributed by atoms with Crippen molar-refractivity contribution in [2.24, 2.45) is 0 Å². The van der Waals surface area contributed by atoms with E-state index in [-0.39, 0.29) is 6.79 Å². The summed E-state index contributed by atoms with van der Waals surface area (Å²) < 4.78 is 21.3. The Balaban J connectivity index is 1.74. The van der Waals surface area contributed by atoms with E-state index in [0.717, 1.165) is 28.5 Å². The molecule has 18 heavy (non-hydrogen) atoms. The Hall–Kier alpha value is -2.17. The van der Waals surface area contributed by atoms with E-state index in [0.29, 0.717) is 12.4 Å². The van der Waals surface area contributed by atoms with E-state index in [1.54, 1.807) is 0 Å². The van der Waals surface area contributed by atoms with E-state index in [9.17, 15) is 0 Å². The van der Waals surface area contributed by atoms with Gasteiger partial charge in [-0.05, 0) is 26.0 Å². The first-order valence-corrected chi connectivity index (χ1v) is 5.68. The molecule has 1 aliphatic heterocycles. The third-order valence-corrected chi connectivity index (χ3v) is 2.91. The summed E-state index contributed by atoms with van der Waals surface area (Å²) in [6, 6.07) is 5.51. The van der Waals surface area contributed by atoms with Crippen LogP contribution < -0.4 is 14.2 Å². The van der Waals surface area contributed by atoms with Gasteiger partial charge in [0, 0.05) is 6.07 Å². The first kappa shape index (κ1) is 11.0. The summed E-state index contributed by atoms with van der Waals surface area (Å²) in [5, 5.41) is 3.89. The highest BCUT2D eigenvalue weighted by molar-refractivity contribution is 5.46. The standard InChI is InChI=1S/C13H13NO4/c1-8-11(9(2)18-14-8)6-15-10-3-4-12-13(5-10)17-7-16-12/h3-5H,6-7H2,1-2H3. The van der Waals surface area contributed by atoms with Crippen LogP contribution >= 0.6 is 0 Å². The number of nitrogens with zero attached hydrogens (tertiary/aromatic N) is 1. The van der Waals surface area contributed by atoms with Gasteiger partial charge in [-0.3, -0.25) is 0 Å². The van der Waals surface area contributed by atoms with E-state index in [1.807, 2.05) is 32.0 Å². The van der Waals surface area contributed by atoms with Crippen molar-refractivity contribution in [2.45, 2.75) is 20.5 Å². The average molecular weight is 247 g/mol. The highest BCUT2D eigenvalue weighted by Gasteiger charge is 2.14. The molecule has 2 heterocycles. The van der Waals surface area contributed by atoms with E-state index in [4.69, 9.17) is 18.7 Å². The van der Waals surface area contributed by atoms with Crippen LogP contribution in [0.2, 0.25) is 0 Å². The summed E-state index contributed by atoms with van der Waals surface area (Å²) in [7, 11) is 0. The van der Waals surface area contributed by atoms with Crippen molar-refractivity contribution >= 4 is 0 Å². The largest absolute Gasteiger partial charge is 0.489 e. The third kappa shape index (κ3) is 1.88. The molecule has 94 valence electrons. The van der Waals surface area contributed by atoms with Gasteiger partial charge >= 0.3 is 0 Å². The van der Waals surface area contributed by atoms with Gasteiger partial charge in [0.15, 0.2) is 11.5 Å². The topological polar surface area (TPSA) is 53.7 Å². The second kappa shape index (κ2) is 4.25. The highest BCUT2D eigenvalue weighted by atomic mass is 16.7. The minimum absolute atomic E-state index is 0.267. The monoisotopic (exact) mass is 247 g/mol. The zero-order chi connectivity index (χ0) is 12.5. The Morgan fingerprint density at radius 1 is 1.22 bits per heavy atom. The number of aromatic nitrogens is 1.